The summed E-state index contributed by atoms with van der Waals surface area (Å²) >= 11 is 0. The molecule has 15 heavy (non-hydrogen) atoms. The number of tetrazole rings is 1. The van der Waals surface area contributed by atoms with E-state index in [0.29, 0.717) is 11.6 Å². The lowest BCUT2D eigenvalue weighted by Gasteiger charge is -2.02. The lowest BCUT2D eigenvalue weighted by molar-refractivity contribution is -0.120. The van der Waals surface area contributed by atoms with Crippen LogP contribution in [0.15, 0.2) is 22.8 Å². The molecule has 0 spiro atoms. The minimum Gasteiger partial charge on any atom is -0.461 e. The van der Waals surface area contributed by atoms with Gasteiger partial charge in [-0.05, 0) is 31.2 Å². The number of rotatable bonds is 3. The van der Waals surface area contributed by atoms with Crippen LogP contribution in [0.5, 0.6) is 0 Å². The third-order valence-electron chi connectivity index (χ3n) is 2.10. The normalized spacial score (nSPS) is 12.7. The molecule has 0 aliphatic carbocycles. The Hall–Kier alpha value is -1.98. The second kappa shape index (κ2) is 3.64. The summed E-state index contributed by atoms with van der Waals surface area (Å²) in [5, 5.41) is 11.6. The van der Waals surface area contributed by atoms with Gasteiger partial charge in [0, 0.05) is 0 Å². The van der Waals surface area contributed by atoms with Crippen LogP contribution in [0.2, 0.25) is 0 Å². The first-order valence-corrected chi connectivity index (χ1v) is 4.52. The number of Topliss-reactive ketones (excluding diaryl/α,β-unsaturated/α-hetero) is 1. The van der Waals surface area contributed by atoms with Crippen molar-refractivity contribution in [3.05, 3.63) is 18.4 Å². The van der Waals surface area contributed by atoms with E-state index in [1.807, 2.05) is 0 Å². The lowest BCUT2D eigenvalue weighted by Crippen LogP contribution is -2.16. The molecule has 2 aromatic heterocycles. The number of hydrogen-bond acceptors (Lipinski definition) is 5. The van der Waals surface area contributed by atoms with Crippen LogP contribution in [0, 0.1) is 0 Å². The summed E-state index contributed by atoms with van der Waals surface area (Å²) in [6, 6.07) is 3.07. The molecular weight excluding hydrogens is 196 g/mol. The number of furan rings is 1. The van der Waals surface area contributed by atoms with Crippen molar-refractivity contribution in [2.75, 3.05) is 0 Å². The van der Waals surface area contributed by atoms with Crippen LogP contribution in [0.25, 0.3) is 11.6 Å². The van der Waals surface area contributed by atoms with E-state index in [4.69, 9.17) is 4.42 Å². The molecule has 0 aromatic carbocycles. The van der Waals surface area contributed by atoms with Crippen molar-refractivity contribution in [3.63, 3.8) is 0 Å². The summed E-state index contributed by atoms with van der Waals surface area (Å²) in [6.07, 6.45) is 1.53. The minimum absolute atomic E-state index is 0.0154. The highest BCUT2D eigenvalue weighted by atomic mass is 16.3. The van der Waals surface area contributed by atoms with Gasteiger partial charge in [-0.15, -0.1) is 10.2 Å². The van der Waals surface area contributed by atoms with Gasteiger partial charge in [0.2, 0.25) is 5.82 Å². The quantitative estimate of drug-likeness (QED) is 0.751. The van der Waals surface area contributed by atoms with Gasteiger partial charge in [0.15, 0.2) is 11.5 Å². The van der Waals surface area contributed by atoms with E-state index >= 15 is 0 Å². The number of carbonyl (C=O) groups is 1. The van der Waals surface area contributed by atoms with Crippen molar-refractivity contribution >= 4 is 5.78 Å². The predicted molar refractivity (Wildman–Crippen MR) is 50.9 cm³/mol. The van der Waals surface area contributed by atoms with E-state index in [1.54, 1.807) is 19.1 Å². The zero-order valence-corrected chi connectivity index (χ0v) is 8.41. The number of aromatic nitrogens is 4. The molecule has 0 amide bonds. The maximum absolute atomic E-state index is 11.1. The van der Waals surface area contributed by atoms with Crippen LogP contribution in [0.4, 0.5) is 0 Å². The molecule has 6 nitrogen and oxygen atoms in total. The second-order valence-electron chi connectivity index (χ2n) is 3.20. The molecule has 0 fully saturated rings. The Morgan fingerprint density at radius 3 is 3.00 bits per heavy atom. The topological polar surface area (TPSA) is 73.8 Å². The fourth-order valence-electron chi connectivity index (χ4n) is 1.06. The molecule has 1 unspecified atom stereocenters. The Bertz CT molecular complexity index is 460. The molecule has 0 saturated heterocycles. The molecule has 1 atom stereocenters. The van der Waals surface area contributed by atoms with Gasteiger partial charge in [0.25, 0.3) is 0 Å². The molecule has 6 heteroatoms. The highest BCUT2D eigenvalue weighted by molar-refractivity contribution is 5.79. The van der Waals surface area contributed by atoms with Crippen molar-refractivity contribution < 1.29 is 9.21 Å². The van der Waals surface area contributed by atoms with Crippen molar-refractivity contribution in [1.82, 2.24) is 20.2 Å². The van der Waals surface area contributed by atoms with Gasteiger partial charge in [-0.3, -0.25) is 4.79 Å². The lowest BCUT2D eigenvalue weighted by atomic mass is 10.2. The van der Waals surface area contributed by atoms with E-state index in [2.05, 4.69) is 15.4 Å². The van der Waals surface area contributed by atoms with Gasteiger partial charge in [0.1, 0.15) is 6.04 Å². The molecule has 0 radical (unpaired) electrons. The van der Waals surface area contributed by atoms with Crippen molar-refractivity contribution in [1.29, 1.82) is 0 Å². The Balaban J connectivity index is 2.28. The van der Waals surface area contributed by atoms with Gasteiger partial charge in [-0.1, -0.05) is 0 Å². The van der Waals surface area contributed by atoms with Gasteiger partial charge in [0.05, 0.1) is 6.26 Å². The first-order chi connectivity index (χ1) is 7.18. The van der Waals surface area contributed by atoms with E-state index in [1.165, 1.54) is 18.0 Å². The monoisotopic (exact) mass is 206 g/mol. The fourth-order valence-corrected chi connectivity index (χ4v) is 1.06. The fraction of sp³-hybridized carbons (Fsp3) is 0.333. The molecule has 0 saturated carbocycles. The smallest absolute Gasteiger partial charge is 0.240 e. The van der Waals surface area contributed by atoms with E-state index in [-0.39, 0.29) is 5.78 Å². The summed E-state index contributed by atoms with van der Waals surface area (Å²) in [4.78, 5) is 12.4. The molecule has 0 aliphatic rings. The molecule has 2 rings (SSSR count). The average molecular weight is 206 g/mol. The Morgan fingerprint density at radius 1 is 1.60 bits per heavy atom. The van der Waals surface area contributed by atoms with Gasteiger partial charge in [-0.2, -0.15) is 4.80 Å². The van der Waals surface area contributed by atoms with Crippen LogP contribution in [0.1, 0.15) is 19.9 Å². The van der Waals surface area contributed by atoms with Gasteiger partial charge in [-0.25, -0.2) is 0 Å². The average Bonchev–Trinajstić information content (AvgIpc) is 2.86. The molecule has 0 bridgehead atoms. The highest BCUT2D eigenvalue weighted by Crippen LogP contribution is 2.14. The van der Waals surface area contributed by atoms with Gasteiger partial charge >= 0.3 is 0 Å². The molecule has 78 valence electrons. The maximum Gasteiger partial charge on any atom is 0.240 e. The summed E-state index contributed by atoms with van der Waals surface area (Å²) in [6.45, 7) is 3.20. The van der Waals surface area contributed by atoms with Crippen LogP contribution < -0.4 is 0 Å². The van der Waals surface area contributed by atoms with Crippen LogP contribution in [-0.4, -0.2) is 26.0 Å². The third-order valence-corrected chi connectivity index (χ3v) is 2.10. The zero-order chi connectivity index (χ0) is 10.8. The minimum atomic E-state index is -0.402. The van der Waals surface area contributed by atoms with Crippen LogP contribution in [-0.2, 0) is 4.79 Å². The third kappa shape index (κ3) is 1.78. The summed E-state index contributed by atoms with van der Waals surface area (Å²) in [5.74, 6) is 0.906. The first kappa shape index (κ1) is 9.57. The van der Waals surface area contributed by atoms with E-state index in [9.17, 15) is 4.79 Å². The first-order valence-electron chi connectivity index (χ1n) is 4.52. The Morgan fingerprint density at radius 2 is 2.40 bits per heavy atom. The van der Waals surface area contributed by atoms with Crippen molar-refractivity contribution in [2.45, 2.75) is 19.9 Å². The van der Waals surface area contributed by atoms with Gasteiger partial charge < -0.3 is 4.42 Å². The number of hydrogen-bond donors (Lipinski definition) is 0. The summed E-state index contributed by atoms with van der Waals surface area (Å²) < 4.78 is 5.11. The second-order valence-corrected chi connectivity index (χ2v) is 3.20. The summed E-state index contributed by atoms with van der Waals surface area (Å²) in [7, 11) is 0. The number of nitrogens with zero attached hydrogens (tertiary/aromatic N) is 4. The number of carbonyl (C=O) groups excluding carboxylic acids is 1. The Kier molecular flexibility index (Phi) is 2.32. The highest BCUT2D eigenvalue weighted by Gasteiger charge is 2.15. The molecular formula is C9H10N4O2. The standard InChI is InChI=1S/C9H10N4O2/c1-6(7(2)14)13-11-9(10-12-13)8-4-3-5-15-8/h3-6H,1-2H3. The van der Waals surface area contributed by atoms with Crippen molar-refractivity contribution in [2.24, 2.45) is 0 Å². The SMILES string of the molecule is CC(=O)C(C)n1nnc(-c2ccco2)n1. The summed E-state index contributed by atoms with van der Waals surface area (Å²) in [5.41, 5.74) is 0. The molecule has 0 aliphatic heterocycles. The van der Waals surface area contributed by atoms with E-state index in [0.717, 1.165) is 0 Å². The van der Waals surface area contributed by atoms with E-state index < -0.39 is 6.04 Å². The number of ketones is 1. The van der Waals surface area contributed by atoms with Crippen LogP contribution in [0.3, 0.4) is 0 Å². The zero-order valence-electron chi connectivity index (χ0n) is 8.41. The maximum atomic E-state index is 11.1. The Labute approximate surface area is 85.9 Å². The molecule has 2 heterocycles. The predicted octanol–water partition coefficient (Wildman–Crippen LogP) is 1.08. The largest absolute Gasteiger partial charge is 0.461 e. The van der Waals surface area contributed by atoms with Crippen molar-refractivity contribution in [3.8, 4) is 11.6 Å². The van der Waals surface area contributed by atoms with Crippen LogP contribution >= 0.6 is 0 Å². The molecule has 2 aromatic rings. The molecule has 0 N–H and O–H groups in total.